The highest BCUT2D eigenvalue weighted by atomic mass is 19.1. The molecule has 0 spiro atoms. The first-order valence-corrected chi connectivity index (χ1v) is 7.48. The van der Waals surface area contributed by atoms with Crippen LogP contribution < -0.4 is 5.32 Å². The second-order valence-electron chi connectivity index (χ2n) is 6.06. The topological polar surface area (TPSA) is 58.6 Å². The fraction of sp³-hybridized carbons (Fsp3) is 0.500. The Bertz CT molecular complexity index is 584. The van der Waals surface area contributed by atoms with Crippen molar-refractivity contribution in [3.63, 3.8) is 0 Å². The van der Waals surface area contributed by atoms with E-state index >= 15 is 0 Å². The summed E-state index contributed by atoms with van der Waals surface area (Å²) in [5.74, 6) is -0.492. The summed E-state index contributed by atoms with van der Waals surface area (Å²) in [5, 5.41) is 2.73. The van der Waals surface area contributed by atoms with Gasteiger partial charge in [0, 0.05) is 19.1 Å². The number of nitrogens with zero attached hydrogens (tertiary/aromatic N) is 1. The van der Waals surface area contributed by atoms with Gasteiger partial charge < -0.3 is 10.1 Å². The Morgan fingerprint density at radius 1 is 1.36 bits per heavy atom. The minimum Gasteiger partial charge on any atom is -0.381 e. The molecule has 2 heterocycles. The minimum absolute atomic E-state index is 0.180. The van der Waals surface area contributed by atoms with E-state index in [0.717, 1.165) is 19.4 Å². The van der Waals surface area contributed by atoms with Crippen LogP contribution in [0.4, 0.5) is 9.18 Å². The number of rotatable bonds is 3. The van der Waals surface area contributed by atoms with Crippen LogP contribution in [0.1, 0.15) is 25.3 Å². The molecule has 2 unspecified atom stereocenters. The van der Waals surface area contributed by atoms with Gasteiger partial charge in [0.05, 0.1) is 6.61 Å². The Hall–Kier alpha value is -1.95. The number of imide groups is 1. The smallest absolute Gasteiger partial charge is 0.325 e. The average Bonchev–Trinajstić information content (AvgIpc) is 2.73. The lowest BCUT2D eigenvalue weighted by atomic mass is 9.91. The molecular weight excluding hydrogens is 287 g/mol. The fourth-order valence-corrected chi connectivity index (χ4v) is 3.05. The van der Waals surface area contributed by atoms with Gasteiger partial charge in [-0.15, -0.1) is 0 Å². The summed E-state index contributed by atoms with van der Waals surface area (Å²) in [7, 11) is 0. The molecule has 3 amide bonds. The van der Waals surface area contributed by atoms with E-state index in [4.69, 9.17) is 4.74 Å². The van der Waals surface area contributed by atoms with Gasteiger partial charge in [0.1, 0.15) is 11.4 Å². The number of ether oxygens (including phenoxy) is 1. The summed E-state index contributed by atoms with van der Waals surface area (Å²) in [6, 6.07) is 5.24. The highest BCUT2D eigenvalue weighted by Gasteiger charge is 2.49. The van der Waals surface area contributed by atoms with Crippen LogP contribution in [0.5, 0.6) is 0 Å². The maximum atomic E-state index is 13.1. The van der Waals surface area contributed by atoms with Crippen LogP contribution in [-0.4, -0.2) is 36.6 Å². The molecule has 22 heavy (non-hydrogen) atoms. The summed E-state index contributed by atoms with van der Waals surface area (Å²) >= 11 is 0. The van der Waals surface area contributed by atoms with Gasteiger partial charge in [0.25, 0.3) is 5.91 Å². The second-order valence-corrected chi connectivity index (χ2v) is 6.06. The van der Waals surface area contributed by atoms with Crippen LogP contribution in [0.2, 0.25) is 0 Å². The Kier molecular flexibility index (Phi) is 3.87. The molecule has 1 N–H and O–H groups in total. The molecule has 0 bridgehead atoms. The van der Waals surface area contributed by atoms with Crippen LogP contribution in [0, 0.1) is 11.7 Å². The van der Waals surface area contributed by atoms with Gasteiger partial charge in [0.15, 0.2) is 0 Å². The van der Waals surface area contributed by atoms with Crippen molar-refractivity contribution in [1.29, 1.82) is 0 Å². The van der Waals surface area contributed by atoms with Gasteiger partial charge >= 0.3 is 6.03 Å². The first-order valence-electron chi connectivity index (χ1n) is 7.48. The number of carbonyl (C=O) groups is 2. The molecule has 2 atom stereocenters. The van der Waals surface area contributed by atoms with Crippen molar-refractivity contribution >= 4 is 11.9 Å². The van der Waals surface area contributed by atoms with Crippen LogP contribution in [0.15, 0.2) is 24.3 Å². The van der Waals surface area contributed by atoms with E-state index in [2.05, 4.69) is 5.32 Å². The van der Waals surface area contributed by atoms with Crippen molar-refractivity contribution in [3.8, 4) is 0 Å². The summed E-state index contributed by atoms with van der Waals surface area (Å²) in [6.45, 7) is 3.33. The predicted octanol–water partition coefficient (Wildman–Crippen LogP) is 2.02. The lowest BCUT2D eigenvalue weighted by molar-refractivity contribution is -0.131. The number of amides is 3. The minimum atomic E-state index is -1.14. The van der Waals surface area contributed by atoms with E-state index in [9.17, 15) is 14.0 Å². The van der Waals surface area contributed by atoms with Crippen LogP contribution >= 0.6 is 0 Å². The zero-order valence-electron chi connectivity index (χ0n) is 12.5. The van der Waals surface area contributed by atoms with Crippen LogP contribution in [-0.2, 0) is 15.1 Å². The summed E-state index contributed by atoms with van der Waals surface area (Å²) in [6.07, 6.45) is 1.90. The van der Waals surface area contributed by atoms with Gasteiger partial charge in [-0.25, -0.2) is 9.18 Å². The zero-order chi connectivity index (χ0) is 15.7. The monoisotopic (exact) mass is 306 g/mol. The molecule has 1 aromatic carbocycles. The molecular formula is C16H19FN2O3. The van der Waals surface area contributed by atoms with E-state index in [0.29, 0.717) is 18.7 Å². The van der Waals surface area contributed by atoms with Crippen LogP contribution in [0.3, 0.4) is 0 Å². The molecule has 118 valence electrons. The number of nitrogens with one attached hydrogen (secondary N) is 1. The summed E-state index contributed by atoms with van der Waals surface area (Å²) < 4.78 is 18.5. The van der Waals surface area contributed by atoms with Gasteiger partial charge in [0.2, 0.25) is 0 Å². The molecule has 3 rings (SSSR count). The van der Waals surface area contributed by atoms with Gasteiger partial charge in [-0.05, 0) is 37.5 Å². The molecule has 0 aromatic heterocycles. The van der Waals surface area contributed by atoms with E-state index in [-0.39, 0.29) is 17.6 Å². The van der Waals surface area contributed by atoms with Crippen molar-refractivity contribution in [1.82, 2.24) is 10.2 Å². The molecule has 2 saturated heterocycles. The largest absolute Gasteiger partial charge is 0.381 e. The molecule has 5 nitrogen and oxygen atoms in total. The second kappa shape index (κ2) is 5.68. The molecule has 6 heteroatoms. The molecule has 0 saturated carbocycles. The van der Waals surface area contributed by atoms with Gasteiger partial charge in [-0.1, -0.05) is 12.1 Å². The molecule has 2 aliphatic rings. The highest BCUT2D eigenvalue weighted by molar-refractivity contribution is 6.07. The maximum absolute atomic E-state index is 13.1. The van der Waals surface area contributed by atoms with Crippen molar-refractivity contribution in [2.45, 2.75) is 25.3 Å². The third-order valence-corrected chi connectivity index (χ3v) is 4.39. The third kappa shape index (κ3) is 2.59. The first kappa shape index (κ1) is 15.0. The number of carbonyl (C=O) groups excluding carboxylic acids is 2. The number of hydrogen-bond acceptors (Lipinski definition) is 3. The number of halogens is 1. The standard InChI is InChI=1S/C16H19FN2O3/c1-16(12-4-6-13(17)7-5-12)14(20)19(15(21)18-16)9-11-3-2-8-22-10-11/h4-7,11H,2-3,8-10H2,1H3,(H,18,21). The van der Waals surface area contributed by atoms with Crippen LogP contribution in [0.25, 0.3) is 0 Å². The van der Waals surface area contributed by atoms with Crippen molar-refractivity contribution < 1.29 is 18.7 Å². The normalized spacial score (nSPS) is 28.8. The maximum Gasteiger partial charge on any atom is 0.325 e. The van der Waals surface area contributed by atoms with Gasteiger partial charge in [-0.2, -0.15) is 0 Å². The lowest BCUT2D eigenvalue weighted by Crippen LogP contribution is -2.42. The highest BCUT2D eigenvalue weighted by Crippen LogP contribution is 2.30. The molecule has 1 aromatic rings. The molecule has 0 radical (unpaired) electrons. The van der Waals surface area contributed by atoms with E-state index in [1.807, 2.05) is 0 Å². The fourth-order valence-electron chi connectivity index (χ4n) is 3.05. The van der Waals surface area contributed by atoms with E-state index < -0.39 is 11.6 Å². The molecule has 2 fully saturated rings. The third-order valence-electron chi connectivity index (χ3n) is 4.39. The van der Waals surface area contributed by atoms with Crippen molar-refractivity contribution in [2.24, 2.45) is 5.92 Å². The number of urea groups is 1. The quantitative estimate of drug-likeness (QED) is 0.869. The zero-order valence-corrected chi connectivity index (χ0v) is 12.5. The molecule has 2 aliphatic heterocycles. The van der Waals surface area contributed by atoms with Gasteiger partial charge in [-0.3, -0.25) is 9.69 Å². The summed E-state index contributed by atoms with van der Waals surface area (Å²) in [5.41, 5.74) is -0.560. The van der Waals surface area contributed by atoms with E-state index in [1.54, 1.807) is 6.92 Å². The van der Waals surface area contributed by atoms with Crippen molar-refractivity contribution in [3.05, 3.63) is 35.6 Å². The average molecular weight is 306 g/mol. The Labute approximate surface area is 128 Å². The Morgan fingerprint density at radius 3 is 2.73 bits per heavy atom. The predicted molar refractivity (Wildman–Crippen MR) is 77.5 cm³/mol. The Morgan fingerprint density at radius 2 is 2.09 bits per heavy atom. The number of benzene rings is 1. The first-order chi connectivity index (χ1) is 10.5. The number of hydrogen-bond donors (Lipinski definition) is 1. The van der Waals surface area contributed by atoms with E-state index in [1.165, 1.54) is 29.2 Å². The van der Waals surface area contributed by atoms with Crippen molar-refractivity contribution in [2.75, 3.05) is 19.8 Å². The Balaban J connectivity index is 1.79. The molecule has 0 aliphatic carbocycles. The SMILES string of the molecule is CC1(c2ccc(F)cc2)NC(=O)N(CC2CCCOC2)C1=O. The summed E-state index contributed by atoms with van der Waals surface area (Å²) in [4.78, 5) is 26.2. The lowest BCUT2D eigenvalue weighted by Gasteiger charge is -2.26.